The Morgan fingerprint density at radius 3 is 0.900 bits per heavy atom. The largest absolute Gasteiger partial charge is 0.417 e. The molecule has 0 aliphatic carbocycles. The quantitative estimate of drug-likeness (QED) is 0.184. The minimum Gasteiger partial charge on any atom is -0.166 e. The molecule has 202 valence electrons. The lowest BCUT2D eigenvalue weighted by Crippen LogP contribution is -2.21. The minimum atomic E-state index is -5.38. The van der Waals surface area contributed by atoms with Crippen LogP contribution in [0.25, 0.3) is 44.5 Å². The number of hydrogen-bond donors (Lipinski definition) is 0. The van der Waals surface area contributed by atoms with E-state index >= 15 is 26.3 Å². The average Bonchev–Trinajstić information content (AvgIpc) is 2.92. The van der Waals surface area contributed by atoms with Crippen LogP contribution in [0.2, 0.25) is 10.0 Å². The van der Waals surface area contributed by atoms with Gasteiger partial charge >= 0.3 is 12.4 Å². The second-order valence-corrected chi connectivity index (χ2v) is 9.86. The van der Waals surface area contributed by atoms with Gasteiger partial charge in [0.05, 0.1) is 11.1 Å². The molecule has 0 N–H and O–H groups in total. The summed E-state index contributed by atoms with van der Waals surface area (Å²) in [5.41, 5.74) is -4.16. The Hall–Kier alpha value is -3.74. The second kappa shape index (κ2) is 10.7. The maximum atomic E-state index is 15.0. The van der Waals surface area contributed by atoms with Crippen molar-refractivity contribution in [2.24, 2.45) is 0 Å². The molecule has 0 nitrogen and oxygen atoms in total. The molecule has 0 aliphatic heterocycles. The van der Waals surface area contributed by atoms with Gasteiger partial charge in [0.2, 0.25) is 0 Å². The topological polar surface area (TPSA) is 0 Å². The van der Waals surface area contributed by atoms with Crippen LogP contribution in [0.3, 0.4) is 0 Å². The van der Waals surface area contributed by atoms with Gasteiger partial charge in [0, 0.05) is 21.2 Å². The summed E-state index contributed by atoms with van der Waals surface area (Å²) in [4.78, 5) is 0. The smallest absolute Gasteiger partial charge is 0.166 e. The van der Waals surface area contributed by atoms with Crippen LogP contribution in [0.4, 0.5) is 26.3 Å². The van der Waals surface area contributed by atoms with Crippen LogP contribution in [-0.4, -0.2) is 0 Å². The van der Waals surface area contributed by atoms with Crippen molar-refractivity contribution in [1.82, 2.24) is 0 Å². The fourth-order valence-electron chi connectivity index (χ4n) is 4.91. The molecule has 5 rings (SSSR count). The molecule has 0 unspecified atom stereocenters. The van der Waals surface area contributed by atoms with Crippen molar-refractivity contribution in [2.75, 3.05) is 0 Å². The van der Waals surface area contributed by atoms with Gasteiger partial charge in [-0.15, -0.1) is 0 Å². The summed E-state index contributed by atoms with van der Waals surface area (Å²) in [5, 5.41) is 0.464. The van der Waals surface area contributed by atoms with E-state index in [1.54, 1.807) is 60.7 Å². The molecule has 0 amide bonds. The lowest BCUT2D eigenvalue weighted by Gasteiger charge is -2.29. The van der Waals surface area contributed by atoms with Gasteiger partial charge < -0.3 is 0 Å². The van der Waals surface area contributed by atoms with Gasteiger partial charge in [-0.3, -0.25) is 0 Å². The summed E-state index contributed by atoms with van der Waals surface area (Å²) < 4.78 is 90.3. The van der Waals surface area contributed by atoms with E-state index < -0.39 is 34.6 Å². The third kappa shape index (κ3) is 5.34. The number of rotatable bonds is 4. The third-order valence-electron chi connectivity index (χ3n) is 6.46. The lowest BCUT2D eigenvalue weighted by atomic mass is 9.76. The summed E-state index contributed by atoms with van der Waals surface area (Å²) >= 11 is 12.0. The Labute approximate surface area is 236 Å². The van der Waals surface area contributed by atoms with E-state index in [-0.39, 0.29) is 32.3 Å². The third-order valence-corrected chi connectivity index (χ3v) is 6.96. The molecule has 0 saturated heterocycles. The van der Waals surface area contributed by atoms with Crippen molar-refractivity contribution >= 4 is 23.2 Å². The summed E-state index contributed by atoms with van der Waals surface area (Å²) in [5.74, 6) is 0. The zero-order valence-corrected chi connectivity index (χ0v) is 21.9. The highest BCUT2D eigenvalue weighted by Crippen LogP contribution is 2.57. The van der Waals surface area contributed by atoms with Crippen LogP contribution in [0.5, 0.6) is 0 Å². The zero-order valence-electron chi connectivity index (χ0n) is 20.4. The van der Waals surface area contributed by atoms with E-state index in [9.17, 15) is 0 Å². The molecule has 5 aromatic carbocycles. The van der Waals surface area contributed by atoms with Crippen molar-refractivity contribution < 1.29 is 26.3 Å². The Morgan fingerprint density at radius 2 is 0.625 bits per heavy atom. The fourth-order valence-corrected chi connectivity index (χ4v) is 5.17. The minimum absolute atomic E-state index is 0.0133. The van der Waals surface area contributed by atoms with E-state index in [0.29, 0.717) is 11.1 Å². The molecule has 0 radical (unpaired) electrons. The zero-order chi connectivity index (χ0) is 28.7. The predicted octanol–water partition coefficient (Wildman–Crippen LogP) is 11.7. The molecule has 0 heterocycles. The first-order valence-electron chi connectivity index (χ1n) is 12.0. The highest BCUT2D eigenvalue weighted by atomic mass is 35.5. The van der Waals surface area contributed by atoms with Crippen molar-refractivity contribution in [3.63, 3.8) is 0 Å². The van der Waals surface area contributed by atoms with Gasteiger partial charge in [-0.1, -0.05) is 108 Å². The van der Waals surface area contributed by atoms with Gasteiger partial charge in [-0.25, -0.2) is 0 Å². The van der Waals surface area contributed by atoms with E-state index in [2.05, 4.69) is 0 Å². The summed E-state index contributed by atoms with van der Waals surface area (Å²) in [6.45, 7) is 0. The molecule has 0 atom stereocenters. The number of benzene rings is 5. The van der Waals surface area contributed by atoms with Crippen LogP contribution in [0.1, 0.15) is 11.1 Å². The van der Waals surface area contributed by atoms with Crippen LogP contribution >= 0.6 is 23.2 Å². The SMILES string of the molecule is FC(F)(F)c1c(-c2ccc(Cl)cc2)c(-c2ccccc2)c(-c2ccccc2)c(-c2ccc(Cl)cc2)c1C(F)(F)F. The first-order valence-corrected chi connectivity index (χ1v) is 12.7. The van der Waals surface area contributed by atoms with E-state index in [0.717, 1.165) is 0 Å². The fraction of sp³-hybridized carbons (Fsp3) is 0.0625. The number of alkyl halides is 6. The lowest BCUT2D eigenvalue weighted by molar-refractivity contribution is -0.161. The molecule has 0 fully saturated rings. The maximum absolute atomic E-state index is 15.0. The first-order chi connectivity index (χ1) is 19.0. The van der Waals surface area contributed by atoms with Crippen molar-refractivity contribution in [2.45, 2.75) is 12.4 Å². The van der Waals surface area contributed by atoms with Gasteiger partial charge in [0.15, 0.2) is 0 Å². The maximum Gasteiger partial charge on any atom is 0.417 e. The van der Waals surface area contributed by atoms with Gasteiger partial charge in [-0.2, -0.15) is 26.3 Å². The molecule has 8 heteroatoms. The van der Waals surface area contributed by atoms with Crippen molar-refractivity contribution in [3.05, 3.63) is 130 Å². The molecular formula is C32H18Cl2F6. The summed E-state index contributed by atoms with van der Waals surface area (Å²) in [6, 6.07) is 26.8. The molecule has 5 aromatic rings. The molecular weight excluding hydrogens is 569 g/mol. The molecule has 0 aromatic heterocycles. The van der Waals surface area contributed by atoms with Crippen molar-refractivity contribution in [1.29, 1.82) is 0 Å². The van der Waals surface area contributed by atoms with E-state index in [4.69, 9.17) is 23.2 Å². The first kappa shape index (κ1) is 27.8. The van der Waals surface area contributed by atoms with Crippen LogP contribution < -0.4 is 0 Å². The van der Waals surface area contributed by atoms with Gasteiger partial charge in [0.1, 0.15) is 0 Å². The van der Waals surface area contributed by atoms with Crippen LogP contribution in [-0.2, 0) is 12.4 Å². The number of halogens is 8. The Kier molecular flexibility index (Phi) is 7.42. The van der Waals surface area contributed by atoms with Crippen molar-refractivity contribution in [3.8, 4) is 44.5 Å². The van der Waals surface area contributed by atoms with E-state index in [1.165, 1.54) is 48.5 Å². The number of hydrogen-bond acceptors (Lipinski definition) is 0. The highest BCUT2D eigenvalue weighted by molar-refractivity contribution is 6.31. The summed E-state index contributed by atoms with van der Waals surface area (Å²) in [7, 11) is 0. The molecule has 40 heavy (non-hydrogen) atoms. The van der Waals surface area contributed by atoms with Crippen LogP contribution in [0.15, 0.2) is 109 Å². The molecule has 0 bridgehead atoms. The molecule has 0 aliphatic rings. The second-order valence-electron chi connectivity index (χ2n) is 8.99. The van der Waals surface area contributed by atoms with E-state index in [1.807, 2.05) is 0 Å². The standard InChI is InChI=1S/C32H18Cl2F6/c33-23-15-11-21(12-16-23)27-25(19-7-3-1-4-8-19)26(20-9-5-2-6-10-20)28(22-13-17-24(34)18-14-22)30(32(38,39)40)29(27)31(35,36)37/h1-18H. The predicted molar refractivity (Wildman–Crippen MR) is 148 cm³/mol. The summed E-state index contributed by atoms with van der Waals surface area (Å²) in [6.07, 6.45) is -10.8. The highest BCUT2D eigenvalue weighted by Gasteiger charge is 2.49. The Morgan fingerprint density at radius 1 is 0.350 bits per heavy atom. The normalized spacial score (nSPS) is 12.0. The Balaban J connectivity index is 2.15. The van der Waals surface area contributed by atoms with Gasteiger partial charge in [-0.05, 0) is 57.6 Å². The van der Waals surface area contributed by atoms with Crippen LogP contribution in [0, 0.1) is 0 Å². The monoisotopic (exact) mass is 586 g/mol. The Bertz CT molecular complexity index is 1510. The average molecular weight is 587 g/mol. The van der Waals surface area contributed by atoms with Gasteiger partial charge in [0.25, 0.3) is 0 Å². The molecule has 0 spiro atoms. The molecule has 0 saturated carbocycles.